The van der Waals surface area contributed by atoms with Crippen LogP contribution in [0.3, 0.4) is 0 Å². The molecule has 0 fully saturated rings. The van der Waals surface area contributed by atoms with E-state index in [1.165, 1.54) is 199 Å². The number of carbonyl (C=O) groups is 3. The van der Waals surface area contributed by atoms with E-state index in [1.54, 1.807) is 0 Å². The molecular formula is C75H132O6. The maximum Gasteiger partial charge on any atom is 0.306 e. The Labute approximate surface area is 503 Å². The molecule has 1 atom stereocenters. The van der Waals surface area contributed by atoms with Crippen molar-refractivity contribution in [2.45, 2.75) is 361 Å². The highest BCUT2D eigenvalue weighted by molar-refractivity contribution is 5.71. The van der Waals surface area contributed by atoms with E-state index in [0.717, 1.165) is 116 Å². The summed E-state index contributed by atoms with van der Waals surface area (Å²) in [5.41, 5.74) is 0. The molecule has 0 aliphatic rings. The van der Waals surface area contributed by atoms with E-state index in [0.29, 0.717) is 19.3 Å². The molecule has 6 nitrogen and oxygen atoms in total. The van der Waals surface area contributed by atoms with Crippen molar-refractivity contribution in [3.8, 4) is 0 Å². The average molecular weight is 1130 g/mol. The second kappa shape index (κ2) is 69.1. The highest BCUT2D eigenvalue weighted by Gasteiger charge is 2.19. The van der Waals surface area contributed by atoms with E-state index in [-0.39, 0.29) is 31.1 Å². The van der Waals surface area contributed by atoms with Gasteiger partial charge in [0.2, 0.25) is 0 Å². The van der Waals surface area contributed by atoms with Crippen molar-refractivity contribution in [3.05, 3.63) is 85.1 Å². The van der Waals surface area contributed by atoms with E-state index in [2.05, 4.69) is 106 Å². The highest BCUT2D eigenvalue weighted by atomic mass is 16.6. The third kappa shape index (κ3) is 67.3. The normalized spacial score (nSPS) is 12.6. The van der Waals surface area contributed by atoms with Crippen LogP contribution < -0.4 is 0 Å². The maximum absolute atomic E-state index is 13.0. The molecule has 1 unspecified atom stereocenters. The minimum atomic E-state index is -0.787. The van der Waals surface area contributed by atoms with Crippen LogP contribution in [-0.2, 0) is 28.6 Å². The number of hydrogen-bond acceptors (Lipinski definition) is 6. The molecule has 0 radical (unpaired) electrons. The number of unbranched alkanes of at least 4 members (excludes halogenated alkanes) is 39. The molecule has 0 saturated carbocycles. The van der Waals surface area contributed by atoms with E-state index in [1.807, 2.05) is 0 Å². The van der Waals surface area contributed by atoms with Crippen molar-refractivity contribution >= 4 is 17.9 Å². The van der Waals surface area contributed by atoms with E-state index in [9.17, 15) is 14.4 Å². The van der Waals surface area contributed by atoms with Gasteiger partial charge in [-0.3, -0.25) is 14.4 Å². The molecular weight excluding hydrogens is 997 g/mol. The Balaban J connectivity index is 4.37. The Morgan fingerprint density at radius 1 is 0.259 bits per heavy atom. The number of esters is 3. The van der Waals surface area contributed by atoms with Crippen LogP contribution >= 0.6 is 0 Å². The standard InChI is InChI=1S/C75H132O6/c1-4-7-10-13-16-19-22-25-28-31-33-35-37-38-39-41-42-44-47-50-53-56-59-62-65-68-74(77)80-71-72(70-79-73(76)67-64-61-58-55-52-49-46-30-27-24-21-18-15-12-9-6-3)81-75(78)69-66-63-60-57-54-51-48-45-43-40-36-34-32-29-26-23-20-17-14-11-8-5-2/h7,10,16,19,25,28,30,33,35,38-39,42,44,46,72H,4-6,8-9,11-15,17-18,20-24,26-27,29,31-32,34,36-37,40-41,43,45,47-71H2,1-3H3/b10-7-,19-16-,28-25-,35-33-,39-38-,44-42-,46-30-. The third-order valence-corrected chi connectivity index (χ3v) is 15.4. The zero-order valence-corrected chi connectivity index (χ0v) is 53.8. The molecule has 6 heteroatoms. The Morgan fingerprint density at radius 3 is 0.765 bits per heavy atom. The number of hydrogen-bond donors (Lipinski definition) is 0. The summed E-state index contributed by atoms with van der Waals surface area (Å²) in [7, 11) is 0. The predicted octanol–water partition coefficient (Wildman–Crippen LogP) is 24.2. The van der Waals surface area contributed by atoms with Gasteiger partial charge in [0.15, 0.2) is 6.10 Å². The van der Waals surface area contributed by atoms with Crippen LogP contribution in [0.4, 0.5) is 0 Å². The van der Waals surface area contributed by atoms with Gasteiger partial charge in [0, 0.05) is 19.3 Å². The lowest BCUT2D eigenvalue weighted by Gasteiger charge is -2.18. The minimum absolute atomic E-state index is 0.0824. The van der Waals surface area contributed by atoms with Gasteiger partial charge in [-0.15, -0.1) is 0 Å². The summed E-state index contributed by atoms with van der Waals surface area (Å²) in [5, 5.41) is 0. The minimum Gasteiger partial charge on any atom is -0.462 e. The van der Waals surface area contributed by atoms with Crippen LogP contribution in [0.5, 0.6) is 0 Å². The van der Waals surface area contributed by atoms with Crippen molar-refractivity contribution < 1.29 is 28.6 Å². The Bertz CT molecular complexity index is 1530. The first-order valence-electron chi connectivity index (χ1n) is 35.1. The van der Waals surface area contributed by atoms with Crippen LogP contribution in [0.1, 0.15) is 355 Å². The Kier molecular flexibility index (Phi) is 66.2. The van der Waals surface area contributed by atoms with Crippen molar-refractivity contribution in [2.75, 3.05) is 13.2 Å². The predicted molar refractivity (Wildman–Crippen MR) is 353 cm³/mol. The Hall–Kier alpha value is -3.41. The molecule has 0 aliphatic carbocycles. The summed E-state index contributed by atoms with van der Waals surface area (Å²) in [6, 6.07) is 0. The zero-order chi connectivity index (χ0) is 58.5. The molecule has 0 aromatic rings. The molecule has 468 valence electrons. The smallest absolute Gasteiger partial charge is 0.306 e. The van der Waals surface area contributed by atoms with Gasteiger partial charge in [-0.1, -0.05) is 324 Å². The summed E-state index contributed by atoms with van der Waals surface area (Å²) in [6.07, 6.45) is 91.7. The van der Waals surface area contributed by atoms with Crippen LogP contribution in [-0.4, -0.2) is 37.2 Å². The molecule has 0 aromatic carbocycles. The zero-order valence-electron chi connectivity index (χ0n) is 53.8. The summed E-state index contributed by atoms with van der Waals surface area (Å²) in [6.45, 7) is 6.56. The van der Waals surface area contributed by atoms with Crippen LogP contribution in [0, 0.1) is 0 Å². The van der Waals surface area contributed by atoms with E-state index < -0.39 is 6.10 Å². The summed E-state index contributed by atoms with van der Waals surface area (Å²) >= 11 is 0. The fraction of sp³-hybridized carbons (Fsp3) is 0.773. The number of ether oxygens (including phenoxy) is 3. The van der Waals surface area contributed by atoms with Crippen molar-refractivity contribution in [1.82, 2.24) is 0 Å². The van der Waals surface area contributed by atoms with Crippen LogP contribution in [0.2, 0.25) is 0 Å². The fourth-order valence-corrected chi connectivity index (χ4v) is 10.2. The largest absolute Gasteiger partial charge is 0.462 e. The molecule has 81 heavy (non-hydrogen) atoms. The summed E-state index contributed by atoms with van der Waals surface area (Å²) < 4.78 is 17.0. The average Bonchev–Trinajstić information content (AvgIpc) is 3.47. The monoisotopic (exact) mass is 1130 g/mol. The molecule has 0 spiro atoms. The maximum atomic E-state index is 13.0. The van der Waals surface area contributed by atoms with Gasteiger partial charge < -0.3 is 14.2 Å². The first-order valence-corrected chi connectivity index (χ1v) is 35.1. The molecule has 0 rings (SSSR count). The van der Waals surface area contributed by atoms with Crippen molar-refractivity contribution in [3.63, 3.8) is 0 Å². The Morgan fingerprint density at radius 2 is 0.481 bits per heavy atom. The van der Waals surface area contributed by atoms with Gasteiger partial charge >= 0.3 is 17.9 Å². The molecule has 0 N–H and O–H groups in total. The van der Waals surface area contributed by atoms with Crippen molar-refractivity contribution in [2.24, 2.45) is 0 Å². The highest BCUT2D eigenvalue weighted by Crippen LogP contribution is 2.18. The quantitative estimate of drug-likeness (QED) is 0.0261. The van der Waals surface area contributed by atoms with Gasteiger partial charge in [0.25, 0.3) is 0 Å². The molecule has 0 amide bonds. The van der Waals surface area contributed by atoms with Gasteiger partial charge in [-0.25, -0.2) is 0 Å². The van der Waals surface area contributed by atoms with Crippen LogP contribution in [0.15, 0.2) is 85.1 Å². The SMILES string of the molecule is CC/C=C\C/C=C\C/C=C\C/C=C\C/C=C\C/C=C\CCCCCCCCC(=O)OCC(COC(=O)CCCCCCC/C=C\CCCCCCCCC)OC(=O)CCCCCCCCCCCCCCCCCCCCCCCC. The van der Waals surface area contributed by atoms with E-state index in [4.69, 9.17) is 14.2 Å². The van der Waals surface area contributed by atoms with Gasteiger partial charge in [-0.2, -0.15) is 0 Å². The topological polar surface area (TPSA) is 78.9 Å². The lowest BCUT2D eigenvalue weighted by Crippen LogP contribution is -2.30. The van der Waals surface area contributed by atoms with Gasteiger partial charge in [0.05, 0.1) is 0 Å². The molecule has 0 bridgehead atoms. The third-order valence-electron chi connectivity index (χ3n) is 15.4. The first kappa shape index (κ1) is 77.6. The molecule has 0 heterocycles. The number of allylic oxidation sites excluding steroid dienone is 14. The number of carbonyl (C=O) groups excluding carboxylic acids is 3. The molecule has 0 aliphatic heterocycles. The molecule has 0 aromatic heterocycles. The second-order valence-corrected chi connectivity index (χ2v) is 23.4. The second-order valence-electron chi connectivity index (χ2n) is 23.4. The summed E-state index contributed by atoms with van der Waals surface area (Å²) in [4.78, 5) is 38.5. The van der Waals surface area contributed by atoms with Crippen molar-refractivity contribution in [1.29, 1.82) is 0 Å². The number of rotatable bonds is 64. The fourth-order valence-electron chi connectivity index (χ4n) is 10.2. The lowest BCUT2D eigenvalue weighted by molar-refractivity contribution is -0.167. The van der Waals surface area contributed by atoms with E-state index >= 15 is 0 Å². The van der Waals surface area contributed by atoms with Gasteiger partial charge in [0.1, 0.15) is 13.2 Å². The lowest BCUT2D eigenvalue weighted by atomic mass is 10.0. The summed E-state index contributed by atoms with van der Waals surface area (Å²) in [5.74, 6) is -0.885. The van der Waals surface area contributed by atoms with Gasteiger partial charge in [-0.05, 0) is 96.3 Å². The van der Waals surface area contributed by atoms with Crippen LogP contribution in [0.25, 0.3) is 0 Å². The molecule has 0 saturated heterocycles. The first-order chi connectivity index (χ1) is 40.0.